The lowest BCUT2D eigenvalue weighted by Crippen LogP contribution is -2.34. The number of hydrogen-bond acceptors (Lipinski definition) is 11. The van der Waals surface area contributed by atoms with Crippen molar-refractivity contribution in [3.05, 3.63) is 0 Å². The van der Waals surface area contributed by atoms with Crippen LogP contribution in [-0.4, -0.2) is 125 Å². The summed E-state index contributed by atoms with van der Waals surface area (Å²) in [6.45, 7) is 17.6. The van der Waals surface area contributed by atoms with Gasteiger partial charge in [-0.2, -0.15) is 0 Å². The molecule has 0 aromatic carbocycles. The van der Waals surface area contributed by atoms with E-state index in [1.54, 1.807) is 14.0 Å². The van der Waals surface area contributed by atoms with E-state index in [-0.39, 0.29) is 53.3 Å². The van der Waals surface area contributed by atoms with Crippen molar-refractivity contribution in [2.75, 3.05) is 79.5 Å². The third kappa shape index (κ3) is 31.3. The molecule has 0 aliphatic carbocycles. The molecule has 0 saturated carbocycles. The van der Waals surface area contributed by atoms with Crippen molar-refractivity contribution in [2.45, 2.75) is 176 Å². The average molecular weight is 883 g/mol. The third-order valence-corrected chi connectivity index (χ3v) is 11.9. The second kappa shape index (κ2) is 41.1. The predicted octanol–water partition coefficient (Wildman–Crippen LogP) is 8.61. The standard InChI is InChI=1S/C25H45NO6.C17H31NO2.C4H8O.C3H6O2/c1-4-21-10-6-8-13-26(24(28)12-15-31-18-19-32-17-16-30-3)14-9-7-11-22(25(21)29)20-23(27)5-2;1-3-14-9-5-7-11-18-12-8-6-10-15(17(14)20)13-16(19)4-2;1-2-4-5-3-1;1-2-3(4)5/h21-22H,4-20H2,1-3H3;14-15,18H,3-13H2,1-2H3;1-4H2;2H2,1H3,(H,4,5)/t21-,22?;14-,15?;;/m00../s1. The number of hydrogen-bond donors (Lipinski definition) is 2. The Balaban J connectivity index is 0.00000104. The Morgan fingerprint density at radius 2 is 1.02 bits per heavy atom. The van der Waals surface area contributed by atoms with Crippen LogP contribution < -0.4 is 5.32 Å². The fraction of sp³-hybridized carbons (Fsp3) is 0.878. The van der Waals surface area contributed by atoms with Crippen LogP contribution >= 0.6 is 0 Å². The van der Waals surface area contributed by atoms with E-state index in [9.17, 15) is 28.8 Å². The summed E-state index contributed by atoms with van der Waals surface area (Å²) < 4.78 is 20.7. The average Bonchev–Trinajstić information content (AvgIpc) is 3.87. The summed E-state index contributed by atoms with van der Waals surface area (Å²) >= 11 is 0. The number of nitrogens with one attached hydrogen (secondary N) is 1. The molecule has 3 rings (SSSR count). The van der Waals surface area contributed by atoms with Gasteiger partial charge in [-0.3, -0.25) is 28.8 Å². The van der Waals surface area contributed by atoms with Crippen LogP contribution in [0.2, 0.25) is 0 Å². The zero-order valence-corrected chi connectivity index (χ0v) is 40.1. The number of ketones is 4. The minimum Gasteiger partial charge on any atom is -0.481 e. The van der Waals surface area contributed by atoms with Gasteiger partial charge in [-0.15, -0.1) is 0 Å². The smallest absolute Gasteiger partial charge is 0.303 e. The molecule has 0 radical (unpaired) electrons. The number of ether oxygens (including phenoxy) is 4. The molecule has 2 unspecified atom stereocenters. The van der Waals surface area contributed by atoms with Gasteiger partial charge in [0, 0.05) is 89.2 Å². The summed E-state index contributed by atoms with van der Waals surface area (Å²) in [6, 6.07) is 0. The minimum atomic E-state index is -0.745. The molecule has 3 aliphatic rings. The summed E-state index contributed by atoms with van der Waals surface area (Å²) in [7, 11) is 1.64. The van der Waals surface area contributed by atoms with Gasteiger partial charge in [0.05, 0.1) is 39.5 Å². The Morgan fingerprint density at radius 1 is 0.597 bits per heavy atom. The lowest BCUT2D eigenvalue weighted by atomic mass is 9.81. The highest BCUT2D eigenvalue weighted by Gasteiger charge is 2.28. The van der Waals surface area contributed by atoms with E-state index in [0.717, 1.165) is 123 Å². The van der Waals surface area contributed by atoms with Crippen LogP contribution in [0.25, 0.3) is 0 Å². The van der Waals surface area contributed by atoms with Gasteiger partial charge in [-0.05, 0) is 90.1 Å². The van der Waals surface area contributed by atoms with Crippen LogP contribution in [0.3, 0.4) is 0 Å². The number of nitrogens with zero attached hydrogens (tertiary/aromatic N) is 1. The maximum Gasteiger partial charge on any atom is 0.303 e. The first-order valence-electron chi connectivity index (χ1n) is 24.5. The highest BCUT2D eigenvalue weighted by atomic mass is 16.5. The molecule has 13 heteroatoms. The van der Waals surface area contributed by atoms with Gasteiger partial charge >= 0.3 is 5.97 Å². The second-order valence-corrected chi connectivity index (χ2v) is 16.7. The molecule has 3 fully saturated rings. The van der Waals surface area contributed by atoms with Crippen molar-refractivity contribution in [3.63, 3.8) is 0 Å². The van der Waals surface area contributed by atoms with Crippen LogP contribution in [0.4, 0.5) is 0 Å². The van der Waals surface area contributed by atoms with Crippen molar-refractivity contribution in [3.8, 4) is 0 Å². The zero-order valence-electron chi connectivity index (χ0n) is 40.1. The molecule has 3 aliphatic heterocycles. The summed E-state index contributed by atoms with van der Waals surface area (Å²) in [5.74, 6) is 0.468. The van der Waals surface area contributed by atoms with Crippen molar-refractivity contribution < 1.29 is 52.8 Å². The maximum absolute atomic E-state index is 13.0. The number of carboxylic acid groups (broad SMARTS) is 1. The fourth-order valence-electron chi connectivity index (χ4n) is 7.74. The Hall–Kier alpha value is -2.58. The Labute approximate surface area is 376 Å². The molecule has 62 heavy (non-hydrogen) atoms. The number of rotatable bonds is 18. The number of carbonyl (C=O) groups is 6. The van der Waals surface area contributed by atoms with Crippen LogP contribution in [-0.2, 0) is 47.7 Å². The number of Topliss-reactive ketones (excluding diaryl/α,β-unsaturated/α-hetero) is 4. The van der Waals surface area contributed by atoms with E-state index < -0.39 is 5.97 Å². The SMILES string of the molecule is C1CCOC1.CCC(=O)CC1CCCCN(C(=O)CCOCCOCCOC)CCCC[C@H](CC)C1=O.CCC(=O)CC1CCCCNCCCC[C@H](CC)C1=O.CCC(=O)O. The predicted molar refractivity (Wildman–Crippen MR) is 245 cm³/mol. The summed E-state index contributed by atoms with van der Waals surface area (Å²) in [5, 5.41) is 11.2. The normalized spacial score (nSPS) is 22.0. The minimum absolute atomic E-state index is 0.0215. The molecule has 0 aromatic rings. The van der Waals surface area contributed by atoms with Crippen LogP contribution in [0, 0.1) is 23.7 Å². The molecule has 4 atom stereocenters. The van der Waals surface area contributed by atoms with Crippen molar-refractivity contribution in [2.24, 2.45) is 23.7 Å². The largest absolute Gasteiger partial charge is 0.481 e. The summed E-state index contributed by atoms with van der Waals surface area (Å²) in [6.07, 6.45) is 18.3. The summed E-state index contributed by atoms with van der Waals surface area (Å²) in [4.78, 5) is 73.5. The molecule has 2 N–H and O–H groups in total. The van der Waals surface area contributed by atoms with Crippen molar-refractivity contribution in [1.82, 2.24) is 10.2 Å². The molecule has 0 bridgehead atoms. The quantitative estimate of drug-likeness (QED) is 0.126. The molecule has 362 valence electrons. The van der Waals surface area contributed by atoms with Crippen LogP contribution in [0.5, 0.6) is 0 Å². The summed E-state index contributed by atoms with van der Waals surface area (Å²) in [5.41, 5.74) is 0. The Kier molecular flexibility index (Phi) is 39.4. The van der Waals surface area contributed by atoms with Gasteiger partial charge in [-0.1, -0.05) is 60.3 Å². The molecular formula is C49H90N2O11. The Morgan fingerprint density at radius 3 is 1.40 bits per heavy atom. The van der Waals surface area contributed by atoms with Gasteiger partial charge in [0.2, 0.25) is 5.91 Å². The molecular weight excluding hydrogens is 793 g/mol. The van der Waals surface area contributed by atoms with E-state index >= 15 is 0 Å². The molecule has 3 heterocycles. The fourth-order valence-corrected chi connectivity index (χ4v) is 7.74. The van der Waals surface area contributed by atoms with E-state index in [1.807, 2.05) is 18.7 Å². The molecule has 13 nitrogen and oxygen atoms in total. The lowest BCUT2D eigenvalue weighted by molar-refractivity contribution is -0.136. The van der Waals surface area contributed by atoms with E-state index in [2.05, 4.69) is 19.2 Å². The first-order chi connectivity index (χ1) is 30.0. The topological polar surface area (TPSA) is 175 Å². The number of aliphatic carboxylic acids is 1. The molecule has 0 aromatic heterocycles. The van der Waals surface area contributed by atoms with E-state index in [0.29, 0.717) is 77.5 Å². The first-order valence-corrected chi connectivity index (χ1v) is 24.5. The van der Waals surface area contributed by atoms with Gasteiger partial charge in [0.1, 0.15) is 23.1 Å². The lowest BCUT2D eigenvalue weighted by Gasteiger charge is -2.26. The van der Waals surface area contributed by atoms with E-state index in [4.69, 9.17) is 24.1 Å². The number of carbonyl (C=O) groups excluding carboxylic acids is 5. The van der Waals surface area contributed by atoms with Crippen molar-refractivity contribution in [1.29, 1.82) is 0 Å². The monoisotopic (exact) mass is 883 g/mol. The maximum atomic E-state index is 13.0. The number of methoxy groups -OCH3 is 1. The van der Waals surface area contributed by atoms with Gasteiger partial charge < -0.3 is 34.3 Å². The highest BCUT2D eigenvalue weighted by Crippen LogP contribution is 2.27. The van der Waals surface area contributed by atoms with Crippen LogP contribution in [0.1, 0.15) is 176 Å². The zero-order chi connectivity index (χ0) is 46.2. The third-order valence-electron chi connectivity index (χ3n) is 11.9. The Bertz CT molecular complexity index is 1170. The molecule has 3 saturated heterocycles. The number of carboxylic acids is 1. The van der Waals surface area contributed by atoms with Gasteiger partial charge in [0.15, 0.2) is 0 Å². The van der Waals surface area contributed by atoms with Gasteiger partial charge in [-0.25, -0.2) is 0 Å². The van der Waals surface area contributed by atoms with E-state index in [1.165, 1.54) is 12.8 Å². The molecule has 0 spiro atoms. The molecule has 1 amide bonds. The van der Waals surface area contributed by atoms with Crippen molar-refractivity contribution >= 4 is 35.0 Å². The van der Waals surface area contributed by atoms with Gasteiger partial charge in [0.25, 0.3) is 0 Å². The second-order valence-electron chi connectivity index (χ2n) is 16.7. The highest BCUT2D eigenvalue weighted by molar-refractivity contribution is 5.90. The van der Waals surface area contributed by atoms with Crippen LogP contribution in [0.15, 0.2) is 0 Å². The first kappa shape index (κ1) is 59.4. The number of amides is 1.